The number of hydrogen-bond acceptors (Lipinski definition) is 4. The van der Waals surface area contributed by atoms with Crippen LogP contribution in [0.25, 0.3) is 10.4 Å². The number of thiocarbonyl (C=S) groups is 1. The standard InChI is InChI=1S/C15H12N4S2/c20-15(17-12-4-2-1-3-5-12)18-13-8-6-11(7-9-13)14-10-16-19-21-14/h1-10H,(H2,17,18,20). The fraction of sp³-hybridized carbons (Fsp3) is 0. The molecule has 6 heteroatoms. The predicted molar refractivity (Wildman–Crippen MR) is 91.6 cm³/mol. The Morgan fingerprint density at radius 3 is 2.19 bits per heavy atom. The van der Waals surface area contributed by atoms with Crippen molar-refractivity contribution in [2.45, 2.75) is 0 Å². The quantitative estimate of drug-likeness (QED) is 0.716. The molecule has 0 radical (unpaired) electrons. The second kappa shape index (κ2) is 6.43. The summed E-state index contributed by atoms with van der Waals surface area (Å²) in [6.45, 7) is 0. The third-order valence-corrected chi connectivity index (χ3v) is 3.74. The van der Waals surface area contributed by atoms with Crippen LogP contribution >= 0.6 is 23.8 Å². The van der Waals surface area contributed by atoms with Gasteiger partial charge >= 0.3 is 0 Å². The second-order valence-corrected chi connectivity index (χ2v) is 5.50. The van der Waals surface area contributed by atoms with Crippen LogP contribution in [0.3, 0.4) is 0 Å². The molecule has 1 aromatic heterocycles. The van der Waals surface area contributed by atoms with Crippen LogP contribution in [0.2, 0.25) is 0 Å². The van der Waals surface area contributed by atoms with Crippen LogP contribution in [0.1, 0.15) is 0 Å². The highest BCUT2D eigenvalue weighted by Gasteiger charge is 2.02. The highest BCUT2D eigenvalue weighted by molar-refractivity contribution is 7.80. The zero-order valence-corrected chi connectivity index (χ0v) is 12.6. The Morgan fingerprint density at radius 2 is 1.57 bits per heavy atom. The lowest BCUT2D eigenvalue weighted by atomic mass is 10.2. The maximum absolute atomic E-state index is 5.29. The zero-order valence-electron chi connectivity index (χ0n) is 11.0. The van der Waals surface area contributed by atoms with E-state index in [0.29, 0.717) is 5.11 Å². The topological polar surface area (TPSA) is 49.8 Å². The van der Waals surface area contributed by atoms with Gasteiger partial charge in [0, 0.05) is 11.4 Å². The predicted octanol–water partition coefficient (Wildman–Crippen LogP) is 4.01. The molecule has 0 aliphatic rings. The summed E-state index contributed by atoms with van der Waals surface area (Å²) in [5, 5.41) is 10.7. The molecular weight excluding hydrogens is 300 g/mol. The van der Waals surface area contributed by atoms with Gasteiger partial charge in [-0.05, 0) is 53.6 Å². The SMILES string of the molecule is S=C(Nc1ccccc1)Nc1ccc(-c2cnns2)cc1. The van der Waals surface area contributed by atoms with Crippen LogP contribution in [-0.4, -0.2) is 14.7 Å². The zero-order chi connectivity index (χ0) is 14.5. The molecular formula is C15H12N4S2. The maximum Gasteiger partial charge on any atom is 0.175 e. The van der Waals surface area contributed by atoms with Crippen molar-refractivity contribution in [3.63, 3.8) is 0 Å². The molecule has 0 aliphatic heterocycles. The summed E-state index contributed by atoms with van der Waals surface area (Å²) in [5.41, 5.74) is 2.99. The van der Waals surface area contributed by atoms with E-state index in [9.17, 15) is 0 Å². The van der Waals surface area contributed by atoms with Crippen LogP contribution < -0.4 is 10.6 Å². The molecule has 0 aliphatic carbocycles. The van der Waals surface area contributed by atoms with Crippen molar-refractivity contribution in [1.29, 1.82) is 0 Å². The molecule has 2 aromatic carbocycles. The summed E-state index contributed by atoms with van der Waals surface area (Å²) >= 11 is 6.67. The summed E-state index contributed by atoms with van der Waals surface area (Å²) in [7, 11) is 0. The number of nitrogens with zero attached hydrogens (tertiary/aromatic N) is 2. The van der Waals surface area contributed by atoms with E-state index in [2.05, 4.69) is 20.2 Å². The highest BCUT2D eigenvalue weighted by Crippen LogP contribution is 2.23. The lowest BCUT2D eigenvalue weighted by molar-refractivity contribution is 1.16. The van der Waals surface area contributed by atoms with E-state index in [1.165, 1.54) is 11.5 Å². The molecule has 0 atom stereocenters. The molecule has 3 aromatic rings. The minimum Gasteiger partial charge on any atom is -0.332 e. The van der Waals surface area contributed by atoms with Crippen LogP contribution in [0.15, 0.2) is 60.8 Å². The number of benzene rings is 2. The molecule has 0 spiro atoms. The summed E-state index contributed by atoms with van der Waals surface area (Å²) in [4.78, 5) is 1.05. The van der Waals surface area contributed by atoms with E-state index in [-0.39, 0.29) is 0 Å². The third-order valence-electron chi connectivity index (χ3n) is 2.82. The van der Waals surface area contributed by atoms with E-state index >= 15 is 0 Å². The van der Waals surface area contributed by atoms with Crippen LogP contribution in [-0.2, 0) is 0 Å². The smallest absolute Gasteiger partial charge is 0.175 e. The van der Waals surface area contributed by atoms with Gasteiger partial charge in [0.1, 0.15) is 0 Å². The molecule has 0 saturated carbocycles. The Hall–Kier alpha value is -2.31. The van der Waals surface area contributed by atoms with Crippen molar-refractivity contribution in [2.24, 2.45) is 0 Å². The Morgan fingerprint density at radius 1 is 0.905 bits per heavy atom. The Balaban J connectivity index is 1.64. The van der Waals surface area contributed by atoms with Crippen molar-refractivity contribution in [3.05, 3.63) is 60.8 Å². The first-order chi connectivity index (χ1) is 10.3. The van der Waals surface area contributed by atoms with E-state index in [0.717, 1.165) is 21.8 Å². The number of hydrogen-bond donors (Lipinski definition) is 2. The molecule has 21 heavy (non-hydrogen) atoms. The first-order valence-electron chi connectivity index (χ1n) is 6.32. The van der Waals surface area contributed by atoms with Gasteiger partial charge < -0.3 is 10.6 Å². The molecule has 3 rings (SSSR count). The van der Waals surface area contributed by atoms with Gasteiger partial charge in [-0.3, -0.25) is 0 Å². The lowest BCUT2D eigenvalue weighted by Crippen LogP contribution is -2.18. The van der Waals surface area contributed by atoms with E-state index in [1.54, 1.807) is 6.20 Å². The van der Waals surface area contributed by atoms with Gasteiger partial charge in [-0.25, -0.2) is 0 Å². The minimum atomic E-state index is 0.563. The monoisotopic (exact) mass is 312 g/mol. The summed E-state index contributed by atoms with van der Waals surface area (Å²) in [6, 6.07) is 17.8. The van der Waals surface area contributed by atoms with Gasteiger partial charge in [0.15, 0.2) is 5.11 Å². The maximum atomic E-state index is 5.29. The average molecular weight is 312 g/mol. The van der Waals surface area contributed by atoms with Crippen LogP contribution in [0, 0.1) is 0 Å². The van der Waals surface area contributed by atoms with E-state index < -0.39 is 0 Å². The molecule has 0 unspecified atom stereocenters. The van der Waals surface area contributed by atoms with Gasteiger partial charge in [-0.1, -0.05) is 34.8 Å². The summed E-state index contributed by atoms with van der Waals surface area (Å²) < 4.78 is 3.86. The first kappa shape index (κ1) is 13.7. The molecule has 0 saturated heterocycles. The minimum absolute atomic E-state index is 0.563. The van der Waals surface area contributed by atoms with Crippen molar-refractivity contribution in [1.82, 2.24) is 9.59 Å². The summed E-state index contributed by atoms with van der Waals surface area (Å²) in [6.07, 6.45) is 1.76. The summed E-state index contributed by atoms with van der Waals surface area (Å²) in [5.74, 6) is 0. The van der Waals surface area contributed by atoms with Crippen molar-refractivity contribution >= 4 is 40.2 Å². The Bertz CT molecular complexity index is 709. The number of rotatable bonds is 3. The Kier molecular flexibility index (Phi) is 4.18. The first-order valence-corrected chi connectivity index (χ1v) is 7.50. The molecule has 1 heterocycles. The second-order valence-electron chi connectivity index (χ2n) is 4.30. The highest BCUT2D eigenvalue weighted by atomic mass is 32.1. The fourth-order valence-electron chi connectivity index (χ4n) is 1.83. The largest absolute Gasteiger partial charge is 0.332 e. The lowest BCUT2D eigenvalue weighted by Gasteiger charge is -2.10. The van der Waals surface area contributed by atoms with Gasteiger partial charge in [-0.2, -0.15) is 0 Å². The van der Waals surface area contributed by atoms with E-state index in [4.69, 9.17) is 12.2 Å². The third kappa shape index (κ3) is 3.62. The van der Waals surface area contributed by atoms with Gasteiger partial charge in [-0.15, -0.1) is 5.10 Å². The fourth-order valence-corrected chi connectivity index (χ4v) is 2.58. The van der Waals surface area contributed by atoms with Crippen molar-refractivity contribution in [3.8, 4) is 10.4 Å². The van der Waals surface area contributed by atoms with Crippen molar-refractivity contribution < 1.29 is 0 Å². The molecule has 0 bridgehead atoms. The number of anilines is 2. The van der Waals surface area contributed by atoms with Gasteiger partial charge in [0.25, 0.3) is 0 Å². The molecule has 2 N–H and O–H groups in total. The van der Waals surface area contributed by atoms with Crippen LogP contribution in [0.4, 0.5) is 11.4 Å². The molecule has 4 nitrogen and oxygen atoms in total. The van der Waals surface area contributed by atoms with Crippen molar-refractivity contribution in [2.75, 3.05) is 10.6 Å². The number of para-hydroxylation sites is 1. The number of aromatic nitrogens is 2. The van der Waals surface area contributed by atoms with Gasteiger partial charge in [0.05, 0.1) is 11.1 Å². The number of nitrogens with one attached hydrogen (secondary N) is 2. The van der Waals surface area contributed by atoms with Crippen LogP contribution in [0.5, 0.6) is 0 Å². The molecule has 0 fully saturated rings. The molecule has 0 amide bonds. The van der Waals surface area contributed by atoms with E-state index in [1.807, 2.05) is 54.6 Å². The Labute approximate surface area is 132 Å². The average Bonchev–Trinajstić information content (AvgIpc) is 3.03. The normalized spacial score (nSPS) is 10.1. The molecule has 104 valence electrons. The van der Waals surface area contributed by atoms with Gasteiger partial charge in [0.2, 0.25) is 0 Å².